The van der Waals surface area contributed by atoms with E-state index in [4.69, 9.17) is 5.11 Å². The van der Waals surface area contributed by atoms with Gasteiger partial charge in [-0.15, -0.1) is 0 Å². The summed E-state index contributed by atoms with van der Waals surface area (Å²) in [5.41, 5.74) is 0.286. The molecule has 2 rings (SSSR count). The zero-order chi connectivity index (χ0) is 8.55. The van der Waals surface area contributed by atoms with Gasteiger partial charge < -0.3 is 12.9 Å². The zero-order valence-electron chi connectivity index (χ0n) is 8.95. The van der Waals surface area contributed by atoms with E-state index in [2.05, 4.69) is 4.98 Å². The Morgan fingerprint density at radius 3 is 2.77 bits per heavy atom. The van der Waals surface area contributed by atoms with Crippen LogP contribution in [0.3, 0.4) is 0 Å². The van der Waals surface area contributed by atoms with E-state index in [1.807, 2.05) is 18.2 Å². The van der Waals surface area contributed by atoms with E-state index in [1.165, 1.54) is 6.07 Å². The molecule has 0 aliphatic heterocycles. The van der Waals surface area contributed by atoms with Gasteiger partial charge in [-0.25, -0.2) is 0 Å². The number of aromatic nitrogens is 1. The van der Waals surface area contributed by atoms with Gasteiger partial charge in [0.1, 0.15) is 0 Å². The molecule has 0 unspecified atom stereocenters. The summed E-state index contributed by atoms with van der Waals surface area (Å²) in [6, 6.07) is 8.74. The smallest absolute Gasteiger partial charge is 1.00 e. The van der Waals surface area contributed by atoms with Crippen LogP contribution in [0.5, 0.6) is 5.75 Å². The number of benzene rings is 1. The van der Waals surface area contributed by atoms with Crippen molar-refractivity contribution in [3.05, 3.63) is 40.7 Å². The van der Waals surface area contributed by atoms with Gasteiger partial charge in [-0.1, -0.05) is 18.2 Å². The van der Waals surface area contributed by atoms with Crippen molar-refractivity contribution in [2.24, 2.45) is 0 Å². The van der Waals surface area contributed by atoms with Crippen molar-refractivity contribution in [1.82, 2.24) is 4.98 Å². The van der Waals surface area contributed by atoms with Crippen LogP contribution >= 0.6 is 0 Å². The minimum atomic E-state index is -0.450. The second kappa shape index (κ2) is 3.80. The Labute approximate surface area is 93.5 Å². The predicted molar refractivity (Wildman–Crippen MR) is 54.2 cm³/mol. The van der Waals surface area contributed by atoms with Crippen molar-refractivity contribution in [1.29, 1.82) is 0 Å². The summed E-state index contributed by atoms with van der Waals surface area (Å²) >= 11 is 0. The van der Waals surface area contributed by atoms with Gasteiger partial charge in [0.15, 0.2) is 5.75 Å². The summed E-state index contributed by atoms with van der Waals surface area (Å²) in [7, 11) is 0. The van der Waals surface area contributed by atoms with Crippen molar-refractivity contribution in [3.63, 3.8) is 0 Å². The molecule has 0 amide bonds. The second-order valence-electron chi connectivity index (χ2n) is 2.57. The standard InChI is InChI=1S/C9H7NO2.Mg.2H/c11-8-5-6-3-1-2-4-7(6)10-9(8)12;;;/h1-5,11H,(H,10,12);;;/q;+2;2*-1. The number of para-hydroxylation sites is 1. The van der Waals surface area contributed by atoms with Gasteiger partial charge in [-0.05, 0) is 12.1 Å². The molecule has 0 fully saturated rings. The molecule has 0 aliphatic carbocycles. The molecule has 4 heteroatoms. The topological polar surface area (TPSA) is 53.1 Å². The third kappa shape index (κ3) is 1.84. The number of hydrogen-bond acceptors (Lipinski definition) is 2. The molecule has 0 saturated carbocycles. The minimum Gasteiger partial charge on any atom is -1.00 e. The molecule has 2 N–H and O–H groups in total. The maximum atomic E-state index is 10.9. The molecule has 1 heterocycles. The van der Waals surface area contributed by atoms with E-state index in [0.29, 0.717) is 0 Å². The van der Waals surface area contributed by atoms with Crippen molar-refractivity contribution in [2.75, 3.05) is 0 Å². The fraction of sp³-hybridized carbons (Fsp3) is 0. The number of pyridine rings is 1. The number of H-pyrrole nitrogens is 1. The Morgan fingerprint density at radius 2 is 2.00 bits per heavy atom. The fourth-order valence-corrected chi connectivity index (χ4v) is 1.14. The molecule has 2 aromatic rings. The SMILES string of the molecule is O=c1[nH]c2ccccc2cc1O.[H-].[H-].[Mg+2]. The van der Waals surface area contributed by atoms with Gasteiger partial charge in [-0.3, -0.25) is 4.79 Å². The van der Waals surface area contributed by atoms with Gasteiger partial charge >= 0.3 is 23.1 Å². The van der Waals surface area contributed by atoms with Crippen LogP contribution in [0.15, 0.2) is 35.1 Å². The van der Waals surface area contributed by atoms with Crippen LogP contribution in [0.4, 0.5) is 0 Å². The van der Waals surface area contributed by atoms with Gasteiger partial charge in [0, 0.05) is 10.9 Å². The Morgan fingerprint density at radius 1 is 1.31 bits per heavy atom. The van der Waals surface area contributed by atoms with Crippen LogP contribution in [-0.4, -0.2) is 33.1 Å². The summed E-state index contributed by atoms with van der Waals surface area (Å²) in [5.74, 6) is -0.242. The molecule has 0 spiro atoms. The van der Waals surface area contributed by atoms with Crippen LogP contribution in [0.2, 0.25) is 0 Å². The van der Waals surface area contributed by atoms with Crippen LogP contribution in [0, 0.1) is 0 Å². The monoisotopic (exact) mass is 187 g/mol. The van der Waals surface area contributed by atoms with Gasteiger partial charge in [0.05, 0.1) is 0 Å². The van der Waals surface area contributed by atoms with E-state index >= 15 is 0 Å². The second-order valence-corrected chi connectivity index (χ2v) is 2.57. The number of aromatic hydroxyl groups is 1. The van der Waals surface area contributed by atoms with E-state index in [0.717, 1.165) is 10.9 Å². The fourth-order valence-electron chi connectivity index (χ4n) is 1.14. The summed E-state index contributed by atoms with van der Waals surface area (Å²) in [6.45, 7) is 0. The normalized spacial score (nSPS) is 9.54. The summed E-state index contributed by atoms with van der Waals surface area (Å²) in [4.78, 5) is 13.5. The first-order chi connectivity index (χ1) is 5.77. The van der Waals surface area contributed by atoms with Crippen LogP contribution in [-0.2, 0) is 0 Å². The van der Waals surface area contributed by atoms with E-state index in [1.54, 1.807) is 6.07 Å². The Hall–Kier alpha value is -1.00. The van der Waals surface area contributed by atoms with Crippen molar-refractivity contribution in [3.8, 4) is 5.75 Å². The Balaban J connectivity index is 0. The molecular formula is C9H9MgNO2. The number of nitrogens with one attached hydrogen (secondary N) is 1. The average Bonchev–Trinajstić information content (AvgIpc) is 2.07. The molecule has 3 nitrogen and oxygen atoms in total. The molecule has 0 saturated heterocycles. The minimum absolute atomic E-state index is 0. The van der Waals surface area contributed by atoms with Crippen LogP contribution in [0.25, 0.3) is 10.9 Å². The van der Waals surface area contributed by atoms with Gasteiger partial charge in [-0.2, -0.15) is 0 Å². The molecule has 0 radical (unpaired) electrons. The largest absolute Gasteiger partial charge is 2.00 e. The molecule has 1 aromatic carbocycles. The summed E-state index contributed by atoms with van der Waals surface area (Å²) in [6.07, 6.45) is 0. The van der Waals surface area contributed by atoms with E-state index in [-0.39, 0.29) is 31.7 Å². The van der Waals surface area contributed by atoms with Gasteiger partial charge in [0.25, 0.3) is 5.56 Å². The van der Waals surface area contributed by atoms with Crippen molar-refractivity contribution >= 4 is 34.0 Å². The van der Waals surface area contributed by atoms with Crippen molar-refractivity contribution < 1.29 is 7.96 Å². The Kier molecular flexibility index (Phi) is 2.95. The van der Waals surface area contributed by atoms with Crippen molar-refractivity contribution in [2.45, 2.75) is 0 Å². The summed E-state index contributed by atoms with van der Waals surface area (Å²) < 4.78 is 0. The van der Waals surface area contributed by atoms with E-state index < -0.39 is 5.56 Å². The third-order valence-corrected chi connectivity index (χ3v) is 1.73. The Bertz CT molecular complexity index is 487. The first kappa shape index (κ1) is 10.1. The number of rotatable bonds is 0. The van der Waals surface area contributed by atoms with Gasteiger partial charge in [0.2, 0.25) is 0 Å². The molecule has 64 valence electrons. The maximum absolute atomic E-state index is 10.9. The zero-order valence-corrected chi connectivity index (χ0v) is 8.36. The quantitative estimate of drug-likeness (QED) is 0.607. The molecule has 0 bridgehead atoms. The molecule has 0 aliphatic rings. The molecule has 0 atom stereocenters. The van der Waals surface area contributed by atoms with Crippen LogP contribution < -0.4 is 5.56 Å². The number of fused-ring (bicyclic) bond motifs is 1. The maximum Gasteiger partial charge on any atom is 2.00 e. The third-order valence-electron chi connectivity index (χ3n) is 1.73. The number of aromatic amines is 1. The molecular weight excluding hydrogens is 178 g/mol. The first-order valence-electron chi connectivity index (χ1n) is 3.58. The molecule has 13 heavy (non-hydrogen) atoms. The number of hydrogen-bond donors (Lipinski definition) is 2. The average molecular weight is 187 g/mol. The van der Waals surface area contributed by atoms with Crippen LogP contribution in [0.1, 0.15) is 2.85 Å². The first-order valence-corrected chi connectivity index (χ1v) is 3.58. The molecule has 1 aromatic heterocycles. The predicted octanol–water partition coefficient (Wildman–Crippen LogP) is 1.08. The van der Waals surface area contributed by atoms with E-state index in [9.17, 15) is 4.79 Å². The summed E-state index contributed by atoms with van der Waals surface area (Å²) in [5, 5.41) is 9.90.